The van der Waals surface area contributed by atoms with Crippen LogP contribution in [0, 0.1) is 5.92 Å². The van der Waals surface area contributed by atoms with E-state index in [1.165, 1.54) is 199 Å². The molecule has 546 valence electrons. The van der Waals surface area contributed by atoms with Crippen LogP contribution in [0.15, 0.2) is 0 Å². The lowest BCUT2D eigenvalue weighted by molar-refractivity contribution is -0.161. The van der Waals surface area contributed by atoms with Crippen LogP contribution in [0.2, 0.25) is 0 Å². The van der Waals surface area contributed by atoms with Gasteiger partial charge in [-0.05, 0) is 31.6 Å². The number of carbonyl (C=O) groups is 4. The van der Waals surface area contributed by atoms with Crippen LogP contribution in [-0.4, -0.2) is 96.7 Å². The number of phosphoric acid groups is 2. The number of rotatable bonds is 73. The summed E-state index contributed by atoms with van der Waals surface area (Å²) in [5.41, 5.74) is 0. The Kier molecular flexibility index (Phi) is 64.9. The van der Waals surface area contributed by atoms with Crippen molar-refractivity contribution in [1.29, 1.82) is 0 Å². The van der Waals surface area contributed by atoms with Gasteiger partial charge in [0.15, 0.2) is 12.2 Å². The lowest BCUT2D eigenvalue weighted by atomic mass is 10.0. The molecular weight excluding hydrogens is 1210 g/mol. The smallest absolute Gasteiger partial charge is 0.462 e. The largest absolute Gasteiger partial charge is 0.472 e. The Hall–Kier alpha value is -1.94. The lowest BCUT2D eigenvalue weighted by Gasteiger charge is -2.21. The first kappa shape index (κ1) is 90.1. The second-order valence-corrected chi connectivity index (χ2v) is 29.7. The van der Waals surface area contributed by atoms with Gasteiger partial charge in [-0.15, -0.1) is 0 Å². The summed E-state index contributed by atoms with van der Waals surface area (Å²) in [5, 5.41) is 10.6. The molecule has 0 saturated carbocycles. The van der Waals surface area contributed by atoms with Crippen molar-refractivity contribution in [3.63, 3.8) is 0 Å². The van der Waals surface area contributed by atoms with Crippen molar-refractivity contribution >= 4 is 39.5 Å². The molecule has 19 heteroatoms. The van der Waals surface area contributed by atoms with E-state index in [4.69, 9.17) is 37.0 Å². The third kappa shape index (κ3) is 66.7. The topological polar surface area (TPSA) is 237 Å². The van der Waals surface area contributed by atoms with Crippen LogP contribution in [0.5, 0.6) is 0 Å². The minimum atomic E-state index is -4.95. The van der Waals surface area contributed by atoms with E-state index in [2.05, 4.69) is 34.6 Å². The zero-order valence-corrected chi connectivity index (χ0v) is 61.5. The van der Waals surface area contributed by atoms with Crippen molar-refractivity contribution in [1.82, 2.24) is 0 Å². The van der Waals surface area contributed by atoms with E-state index in [1.807, 2.05) is 0 Å². The predicted octanol–water partition coefficient (Wildman–Crippen LogP) is 21.3. The number of hydrogen-bond acceptors (Lipinski definition) is 15. The predicted molar refractivity (Wildman–Crippen MR) is 372 cm³/mol. The van der Waals surface area contributed by atoms with E-state index in [-0.39, 0.29) is 25.7 Å². The van der Waals surface area contributed by atoms with Crippen molar-refractivity contribution in [2.75, 3.05) is 39.6 Å². The maximum absolute atomic E-state index is 13.1. The fourth-order valence-corrected chi connectivity index (χ4v) is 12.8. The van der Waals surface area contributed by atoms with Crippen LogP contribution in [-0.2, 0) is 65.4 Å². The summed E-state index contributed by atoms with van der Waals surface area (Å²) in [6.45, 7) is 7.24. The highest BCUT2D eigenvalue weighted by Gasteiger charge is 2.30. The average molecular weight is 1350 g/mol. The molecule has 0 heterocycles. The van der Waals surface area contributed by atoms with Gasteiger partial charge >= 0.3 is 39.5 Å². The zero-order valence-electron chi connectivity index (χ0n) is 59.7. The molecule has 0 bridgehead atoms. The van der Waals surface area contributed by atoms with Crippen molar-refractivity contribution in [3.8, 4) is 0 Å². The molecule has 0 rings (SSSR count). The first-order valence-electron chi connectivity index (χ1n) is 38.1. The summed E-state index contributed by atoms with van der Waals surface area (Å²) in [4.78, 5) is 72.5. The van der Waals surface area contributed by atoms with Crippen molar-refractivity contribution in [3.05, 3.63) is 0 Å². The van der Waals surface area contributed by atoms with Gasteiger partial charge in [0.25, 0.3) is 0 Å². The van der Waals surface area contributed by atoms with Crippen LogP contribution >= 0.6 is 15.6 Å². The van der Waals surface area contributed by atoms with Crippen molar-refractivity contribution in [2.45, 2.75) is 400 Å². The van der Waals surface area contributed by atoms with Gasteiger partial charge < -0.3 is 33.8 Å². The SMILES string of the molecule is CCCCCCCCCCCCCCCCCCCCCC(=O)O[C@H](COC(=O)CCCCCCCCCCCCCCCC(C)C)COP(=O)(O)OC[C@@H](O)COP(=O)(O)OC[C@@H](COC(=O)CCCCCCCCCC)OC(=O)CCCCCCCCCCC. The van der Waals surface area contributed by atoms with Gasteiger partial charge in [0.1, 0.15) is 19.3 Å². The van der Waals surface area contributed by atoms with Gasteiger partial charge in [-0.1, -0.05) is 330 Å². The Morgan fingerprint density at radius 2 is 0.500 bits per heavy atom. The molecule has 17 nitrogen and oxygen atoms in total. The molecule has 0 aliphatic heterocycles. The molecule has 5 atom stereocenters. The van der Waals surface area contributed by atoms with E-state index in [0.29, 0.717) is 25.7 Å². The summed E-state index contributed by atoms with van der Waals surface area (Å²) in [6, 6.07) is 0. The normalized spacial score (nSPS) is 14.0. The fourth-order valence-electron chi connectivity index (χ4n) is 11.2. The maximum atomic E-state index is 13.1. The van der Waals surface area contributed by atoms with E-state index >= 15 is 0 Å². The van der Waals surface area contributed by atoms with Crippen molar-refractivity contribution in [2.24, 2.45) is 5.92 Å². The molecular formula is C73H142O17P2. The minimum Gasteiger partial charge on any atom is -0.462 e. The second-order valence-electron chi connectivity index (χ2n) is 26.8. The second kappa shape index (κ2) is 66.3. The van der Waals surface area contributed by atoms with Crippen LogP contribution < -0.4 is 0 Å². The monoisotopic (exact) mass is 1350 g/mol. The highest BCUT2D eigenvalue weighted by atomic mass is 31.2. The number of phosphoric ester groups is 2. The van der Waals surface area contributed by atoms with Crippen LogP contribution in [0.3, 0.4) is 0 Å². The average Bonchev–Trinajstić information content (AvgIpc) is 2.06. The zero-order chi connectivity index (χ0) is 67.7. The molecule has 0 aliphatic carbocycles. The Morgan fingerprint density at radius 1 is 0.293 bits per heavy atom. The van der Waals surface area contributed by atoms with Gasteiger partial charge in [-0.25, -0.2) is 9.13 Å². The molecule has 92 heavy (non-hydrogen) atoms. The lowest BCUT2D eigenvalue weighted by Crippen LogP contribution is -2.30. The molecule has 2 unspecified atom stereocenters. The molecule has 0 aromatic carbocycles. The van der Waals surface area contributed by atoms with Crippen molar-refractivity contribution < 1.29 is 80.2 Å². The third-order valence-electron chi connectivity index (χ3n) is 17.0. The highest BCUT2D eigenvalue weighted by Crippen LogP contribution is 2.45. The molecule has 0 aromatic rings. The number of hydrogen-bond donors (Lipinski definition) is 3. The number of aliphatic hydroxyl groups is 1. The van der Waals surface area contributed by atoms with Gasteiger partial charge in [-0.3, -0.25) is 37.3 Å². The molecule has 0 fully saturated rings. The minimum absolute atomic E-state index is 0.106. The third-order valence-corrected chi connectivity index (χ3v) is 18.9. The first-order valence-corrected chi connectivity index (χ1v) is 41.1. The molecule has 0 radical (unpaired) electrons. The van der Waals surface area contributed by atoms with Crippen LogP contribution in [0.25, 0.3) is 0 Å². The standard InChI is InChI=1S/C73H142O17P2/c1-6-9-12-15-18-21-22-23-24-25-26-27-28-31-35-39-44-49-54-59-73(78)90-69(63-84-71(76)57-52-47-42-38-34-32-29-30-33-37-40-45-50-55-66(4)5)65-88-92(81,82)86-61-67(74)60-85-91(79,80)87-64-68(62-83-70(75)56-51-46-41-20-17-14-11-8-3)89-72(77)58-53-48-43-36-19-16-13-10-7-2/h66-69,74H,6-65H2,1-5H3,(H,79,80)(H,81,82)/t67-,68+,69+/m0/s1. The molecule has 0 aliphatic rings. The molecule has 0 saturated heterocycles. The Balaban J connectivity index is 5.18. The van der Waals surface area contributed by atoms with E-state index < -0.39 is 97.5 Å². The summed E-state index contributed by atoms with van der Waals surface area (Å²) >= 11 is 0. The van der Waals surface area contributed by atoms with Crippen LogP contribution in [0.1, 0.15) is 381 Å². The highest BCUT2D eigenvalue weighted by molar-refractivity contribution is 7.47. The van der Waals surface area contributed by atoms with E-state index in [1.54, 1.807) is 0 Å². The fraction of sp³-hybridized carbons (Fsp3) is 0.945. The summed E-state index contributed by atoms with van der Waals surface area (Å²) in [6.07, 6.45) is 54.2. The number of carbonyl (C=O) groups excluding carboxylic acids is 4. The van der Waals surface area contributed by atoms with E-state index in [0.717, 1.165) is 102 Å². The van der Waals surface area contributed by atoms with Gasteiger partial charge in [0.2, 0.25) is 0 Å². The Bertz CT molecular complexity index is 1770. The molecule has 0 spiro atoms. The summed E-state index contributed by atoms with van der Waals surface area (Å²) in [5.74, 6) is -1.33. The van der Waals surface area contributed by atoms with Gasteiger partial charge in [0.05, 0.1) is 26.4 Å². The quantitative estimate of drug-likeness (QED) is 0.0222. The van der Waals surface area contributed by atoms with Crippen LogP contribution in [0.4, 0.5) is 0 Å². The molecule has 3 N–H and O–H groups in total. The number of ether oxygens (including phenoxy) is 4. The summed E-state index contributed by atoms with van der Waals surface area (Å²) in [7, 11) is -9.90. The number of unbranched alkanes of at least 4 members (excludes halogenated alkanes) is 45. The van der Waals surface area contributed by atoms with Gasteiger partial charge in [0, 0.05) is 25.7 Å². The Morgan fingerprint density at radius 3 is 0.739 bits per heavy atom. The summed E-state index contributed by atoms with van der Waals surface area (Å²) < 4.78 is 68.3. The Labute approximate surface area is 562 Å². The number of esters is 4. The first-order chi connectivity index (χ1) is 44.5. The molecule has 0 amide bonds. The maximum Gasteiger partial charge on any atom is 0.472 e. The molecule has 0 aromatic heterocycles. The van der Waals surface area contributed by atoms with E-state index in [9.17, 15) is 43.2 Å². The number of aliphatic hydroxyl groups excluding tert-OH is 1. The van der Waals surface area contributed by atoms with Gasteiger partial charge in [-0.2, -0.15) is 0 Å².